The van der Waals surface area contributed by atoms with Crippen molar-refractivity contribution in [3.63, 3.8) is 0 Å². The average Bonchev–Trinajstić information content (AvgIpc) is 2.89. The first-order valence-electron chi connectivity index (χ1n) is 5.58. The Kier molecular flexibility index (Phi) is 3.90. The zero-order chi connectivity index (χ0) is 14.7. The molecule has 0 saturated heterocycles. The summed E-state index contributed by atoms with van der Waals surface area (Å²) in [5.41, 5.74) is 6.00. The number of nitrogens with two attached hydrogens (primary N) is 1. The Morgan fingerprint density at radius 1 is 1.35 bits per heavy atom. The summed E-state index contributed by atoms with van der Waals surface area (Å²) < 4.78 is 4.99. The smallest absolute Gasteiger partial charge is 0.337 e. The van der Waals surface area contributed by atoms with Crippen molar-refractivity contribution in [2.45, 2.75) is 0 Å². The number of carboxylic acids is 1. The van der Waals surface area contributed by atoms with Crippen LogP contribution in [0.2, 0.25) is 0 Å². The topological polar surface area (TPSA) is 102 Å². The van der Waals surface area contributed by atoms with Crippen LogP contribution in [0.1, 0.15) is 20.0 Å². The van der Waals surface area contributed by atoms with Gasteiger partial charge in [-0.2, -0.15) is 0 Å². The van der Waals surface area contributed by atoms with Crippen molar-refractivity contribution in [3.8, 4) is 5.75 Å². The van der Waals surface area contributed by atoms with Crippen LogP contribution in [0, 0.1) is 0 Å². The molecule has 2 rings (SSSR count). The van der Waals surface area contributed by atoms with Crippen molar-refractivity contribution >= 4 is 34.6 Å². The second-order valence-corrected chi connectivity index (χ2v) is 4.83. The van der Waals surface area contributed by atoms with Crippen LogP contribution in [0.4, 0.5) is 11.4 Å². The van der Waals surface area contributed by atoms with E-state index in [9.17, 15) is 9.59 Å². The van der Waals surface area contributed by atoms with Crippen LogP contribution < -0.4 is 15.8 Å². The van der Waals surface area contributed by atoms with Gasteiger partial charge in [-0.05, 0) is 18.2 Å². The summed E-state index contributed by atoms with van der Waals surface area (Å²) >= 11 is 1.21. The van der Waals surface area contributed by atoms with Crippen LogP contribution >= 0.6 is 11.3 Å². The molecule has 1 amide bonds. The van der Waals surface area contributed by atoms with Crippen LogP contribution in [-0.2, 0) is 0 Å². The standard InChI is InChI=1S/C13H12N2O4S/c1-19-8-5-11(20-6-8)12(16)15-10-3-2-7(14)4-9(10)13(17)18/h2-6H,14H2,1H3,(H,15,16)(H,17,18). The molecule has 1 heterocycles. The van der Waals surface area contributed by atoms with Gasteiger partial charge in [-0.15, -0.1) is 11.3 Å². The monoisotopic (exact) mass is 292 g/mol. The maximum absolute atomic E-state index is 12.0. The van der Waals surface area contributed by atoms with Gasteiger partial charge in [-0.3, -0.25) is 4.79 Å². The van der Waals surface area contributed by atoms with Crippen molar-refractivity contribution in [1.29, 1.82) is 0 Å². The van der Waals surface area contributed by atoms with Crippen LogP contribution in [0.15, 0.2) is 29.6 Å². The van der Waals surface area contributed by atoms with E-state index < -0.39 is 11.9 Å². The lowest BCUT2D eigenvalue weighted by molar-refractivity contribution is 0.0698. The van der Waals surface area contributed by atoms with Crippen LogP contribution in [0.3, 0.4) is 0 Å². The molecule has 0 aliphatic heterocycles. The van der Waals surface area contributed by atoms with Gasteiger partial charge < -0.3 is 20.9 Å². The Labute approximate surface area is 118 Å². The molecule has 7 heteroatoms. The van der Waals surface area contributed by atoms with Gasteiger partial charge in [-0.1, -0.05) is 0 Å². The third kappa shape index (κ3) is 2.89. The average molecular weight is 292 g/mol. The number of thiophene rings is 1. The van der Waals surface area contributed by atoms with Gasteiger partial charge in [0.25, 0.3) is 5.91 Å². The third-order valence-electron chi connectivity index (χ3n) is 2.56. The van der Waals surface area contributed by atoms with Crippen molar-refractivity contribution in [2.75, 3.05) is 18.2 Å². The Morgan fingerprint density at radius 2 is 2.10 bits per heavy atom. The summed E-state index contributed by atoms with van der Waals surface area (Å²) in [7, 11) is 1.51. The van der Waals surface area contributed by atoms with E-state index in [0.717, 1.165) is 0 Å². The number of amides is 1. The number of rotatable bonds is 4. The molecule has 6 nitrogen and oxygen atoms in total. The maximum Gasteiger partial charge on any atom is 0.337 e. The lowest BCUT2D eigenvalue weighted by Gasteiger charge is -2.08. The third-order valence-corrected chi connectivity index (χ3v) is 3.46. The van der Waals surface area contributed by atoms with E-state index >= 15 is 0 Å². The number of carbonyl (C=O) groups is 2. The minimum atomic E-state index is -1.16. The molecule has 20 heavy (non-hydrogen) atoms. The summed E-state index contributed by atoms with van der Waals surface area (Å²) in [6.07, 6.45) is 0. The molecule has 0 fully saturated rings. The van der Waals surface area contributed by atoms with Crippen molar-refractivity contribution in [2.24, 2.45) is 0 Å². The normalized spacial score (nSPS) is 10.1. The Balaban J connectivity index is 2.25. The first kappa shape index (κ1) is 13.9. The Hall–Kier alpha value is -2.54. The second kappa shape index (κ2) is 5.62. The summed E-state index contributed by atoms with van der Waals surface area (Å²) in [6, 6.07) is 5.86. The molecule has 1 aromatic carbocycles. The molecular weight excluding hydrogens is 280 g/mol. The molecule has 4 N–H and O–H groups in total. The summed E-state index contributed by atoms with van der Waals surface area (Å²) in [4.78, 5) is 23.6. The predicted octanol–water partition coefficient (Wildman–Crippen LogP) is 2.29. The number of nitrogen functional groups attached to an aromatic ring is 1. The molecule has 0 unspecified atom stereocenters. The molecule has 0 aliphatic carbocycles. The van der Waals surface area contributed by atoms with E-state index in [1.165, 1.54) is 36.6 Å². The molecule has 0 bridgehead atoms. The van der Waals surface area contributed by atoms with Gasteiger partial charge in [0.05, 0.1) is 23.2 Å². The van der Waals surface area contributed by atoms with Gasteiger partial charge in [-0.25, -0.2) is 4.79 Å². The van der Waals surface area contributed by atoms with E-state index in [-0.39, 0.29) is 11.3 Å². The molecule has 0 spiro atoms. The molecule has 0 atom stereocenters. The number of ether oxygens (including phenoxy) is 1. The van der Waals surface area contributed by atoms with E-state index in [2.05, 4.69) is 5.32 Å². The van der Waals surface area contributed by atoms with Gasteiger partial charge >= 0.3 is 5.97 Å². The number of aromatic carboxylic acids is 1. The molecular formula is C13H12N2O4S. The van der Waals surface area contributed by atoms with Gasteiger partial charge in [0, 0.05) is 17.1 Å². The van der Waals surface area contributed by atoms with Crippen molar-refractivity contribution < 1.29 is 19.4 Å². The fourth-order valence-electron chi connectivity index (χ4n) is 1.58. The number of nitrogens with one attached hydrogen (secondary N) is 1. The van der Waals surface area contributed by atoms with E-state index in [0.29, 0.717) is 16.3 Å². The minimum Gasteiger partial charge on any atom is -0.496 e. The number of carbonyl (C=O) groups excluding carboxylic acids is 1. The van der Waals surface area contributed by atoms with Gasteiger partial charge in [0.1, 0.15) is 5.75 Å². The van der Waals surface area contributed by atoms with Gasteiger partial charge in [0.15, 0.2) is 0 Å². The molecule has 0 radical (unpaired) electrons. The Morgan fingerprint density at radius 3 is 2.70 bits per heavy atom. The number of methoxy groups -OCH3 is 1. The minimum absolute atomic E-state index is 0.0538. The molecule has 0 aliphatic rings. The number of anilines is 2. The van der Waals surface area contributed by atoms with Crippen LogP contribution in [-0.4, -0.2) is 24.1 Å². The van der Waals surface area contributed by atoms with E-state index in [1.54, 1.807) is 11.4 Å². The summed E-state index contributed by atoms with van der Waals surface area (Å²) in [6.45, 7) is 0. The zero-order valence-electron chi connectivity index (χ0n) is 10.5. The first-order valence-corrected chi connectivity index (χ1v) is 6.46. The second-order valence-electron chi connectivity index (χ2n) is 3.92. The summed E-state index contributed by atoms with van der Waals surface area (Å²) in [5, 5.41) is 13.3. The zero-order valence-corrected chi connectivity index (χ0v) is 11.4. The highest BCUT2D eigenvalue weighted by atomic mass is 32.1. The number of carboxylic acid groups (broad SMARTS) is 1. The van der Waals surface area contributed by atoms with E-state index in [1.807, 2.05) is 0 Å². The number of benzene rings is 1. The lowest BCUT2D eigenvalue weighted by atomic mass is 10.1. The molecule has 0 saturated carbocycles. The largest absolute Gasteiger partial charge is 0.496 e. The number of hydrogen-bond donors (Lipinski definition) is 3. The highest BCUT2D eigenvalue weighted by molar-refractivity contribution is 7.12. The molecule has 1 aromatic heterocycles. The number of hydrogen-bond acceptors (Lipinski definition) is 5. The van der Waals surface area contributed by atoms with Crippen LogP contribution in [0.25, 0.3) is 0 Å². The van der Waals surface area contributed by atoms with Gasteiger partial charge in [0.2, 0.25) is 0 Å². The lowest BCUT2D eigenvalue weighted by Crippen LogP contribution is -2.13. The maximum atomic E-state index is 12.0. The highest BCUT2D eigenvalue weighted by Gasteiger charge is 2.15. The fourth-order valence-corrected chi connectivity index (χ4v) is 2.33. The first-order chi connectivity index (χ1) is 9.51. The molecule has 104 valence electrons. The molecule has 2 aromatic rings. The van der Waals surface area contributed by atoms with Crippen molar-refractivity contribution in [3.05, 3.63) is 40.1 Å². The summed E-state index contributed by atoms with van der Waals surface area (Å²) in [5.74, 6) is -0.974. The van der Waals surface area contributed by atoms with E-state index in [4.69, 9.17) is 15.6 Å². The van der Waals surface area contributed by atoms with Crippen molar-refractivity contribution in [1.82, 2.24) is 0 Å². The Bertz CT molecular complexity index is 666. The van der Waals surface area contributed by atoms with Crippen LogP contribution in [0.5, 0.6) is 5.75 Å². The SMILES string of the molecule is COc1csc(C(=O)Nc2ccc(N)cc2C(=O)O)c1. The fraction of sp³-hybridized carbons (Fsp3) is 0.0769. The quantitative estimate of drug-likeness (QED) is 0.750. The predicted molar refractivity (Wildman–Crippen MR) is 76.6 cm³/mol. The highest BCUT2D eigenvalue weighted by Crippen LogP contribution is 2.24.